The number of amides is 1. The van der Waals surface area contributed by atoms with Crippen molar-refractivity contribution < 1.29 is 4.79 Å². The Hall–Kier alpha value is -3.15. The number of nitrogens with zero attached hydrogens (tertiary/aromatic N) is 2. The highest BCUT2D eigenvalue weighted by atomic mass is 16.2. The number of hydrogen-bond acceptors (Lipinski definition) is 4. The molecule has 0 saturated heterocycles. The van der Waals surface area contributed by atoms with Gasteiger partial charge in [-0.3, -0.25) is 25.0 Å². The first-order chi connectivity index (χ1) is 13.2. The molecule has 0 spiro atoms. The topological polar surface area (TPSA) is 76.0 Å². The van der Waals surface area contributed by atoms with E-state index in [2.05, 4.69) is 21.9 Å². The zero-order valence-electron chi connectivity index (χ0n) is 15.2. The van der Waals surface area contributed by atoms with Crippen molar-refractivity contribution in [2.24, 2.45) is 0 Å². The van der Waals surface area contributed by atoms with E-state index in [1.807, 2.05) is 37.3 Å². The Morgan fingerprint density at radius 1 is 1.19 bits per heavy atom. The maximum Gasteiger partial charge on any atom is 0.262 e. The van der Waals surface area contributed by atoms with Crippen molar-refractivity contribution in [3.05, 3.63) is 70.0 Å². The number of anilines is 1. The summed E-state index contributed by atoms with van der Waals surface area (Å²) in [5.41, 5.74) is 8.44. The molecule has 2 aromatic carbocycles. The van der Waals surface area contributed by atoms with Crippen LogP contribution in [0.3, 0.4) is 0 Å². The number of aryl methyl sites for hydroxylation is 1. The standard InChI is InChI=1S/C21H22N4O2/c1-2-25-20(27)17-11-5-6-13-18(17)22-21(25)24-23-19(26)16-12-7-9-14-8-3-4-10-15(14)16/h3-6,8,10-11,13,16H,2,7,9,12H2,1H3,(H,22,24)(H,23,26). The van der Waals surface area contributed by atoms with E-state index in [0.29, 0.717) is 23.4 Å². The van der Waals surface area contributed by atoms with Gasteiger partial charge < -0.3 is 0 Å². The molecule has 138 valence electrons. The Kier molecular flexibility index (Phi) is 4.62. The first kappa shape index (κ1) is 17.3. The van der Waals surface area contributed by atoms with Gasteiger partial charge in [-0.25, -0.2) is 4.98 Å². The van der Waals surface area contributed by atoms with Crippen molar-refractivity contribution in [1.29, 1.82) is 0 Å². The number of carbonyl (C=O) groups is 1. The Labute approximate surface area is 157 Å². The van der Waals surface area contributed by atoms with Crippen molar-refractivity contribution in [2.45, 2.75) is 38.6 Å². The predicted molar refractivity (Wildman–Crippen MR) is 106 cm³/mol. The number of aromatic nitrogens is 2. The van der Waals surface area contributed by atoms with E-state index in [9.17, 15) is 9.59 Å². The summed E-state index contributed by atoms with van der Waals surface area (Å²) < 4.78 is 1.53. The van der Waals surface area contributed by atoms with Gasteiger partial charge in [0.2, 0.25) is 11.9 Å². The van der Waals surface area contributed by atoms with Crippen LogP contribution in [0.5, 0.6) is 0 Å². The number of benzene rings is 2. The van der Waals surface area contributed by atoms with Crippen LogP contribution in [0.2, 0.25) is 0 Å². The lowest BCUT2D eigenvalue weighted by Crippen LogP contribution is -2.38. The SMILES string of the molecule is CCn1c(NNC(=O)C2CCCc3ccccc32)nc2ccccc2c1=O. The second kappa shape index (κ2) is 7.23. The lowest BCUT2D eigenvalue weighted by atomic mass is 9.82. The third-order valence-corrected chi connectivity index (χ3v) is 5.16. The third-order valence-electron chi connectivity index (χ3n) is 5.16. The molecule has 27 heavy (non-hydrogen) atoms. The zero-order valence-corrected chi connectivity index (χ0v) is 15.2. The molecule has 0 radical (unpaired) electrons. The van der Waals surface area contributed by atoms with Gasteiger partial charge in [0, 0.05) is 6.54 Å². The molecule has 6 nitrogen and oxygen atoms in total. The second-order valence-corrected chi connectivity index (χ2v) is 6.76. The van der Waals surface area contributed by atoms with Gasteiger partial charge in [-0.05, 0) is 49.4 Å². The van der Waals surface area contributed by atoms with Crippen LogP contribution in [0.15, 0.2) is 53.3 Å². The van der Waals surface area contributed by atoms with Crippen LogP contribution in [-0.4, -0.2) is 15.5 Å². The second-order valence-electron chi connectivity index (χ2n) is 6.76. The molecule has 1 aliphatic carbocycles. The van der Waals surface area contributed by atoms with Crippen LogP contribution in [-0.2, 0) is 17.8 Å². The van der Waals surface area contributed by atoms with E-state index in [1.165, 1.54) is 10.1 Å². The number of fused-ring (bicyclic) bond motifs is 2. The monoisotopic (exact) mass is 362 g/mol. The number of rotatable bonds is 4. The summed E-state index contributed by atoms with van der Waals surface area (Å²) in [4.78, 5) is 30.0. The highest BCUT2D eigenvalue weighted by molar-refractivity contribution is 5.85. The summed E-state index contributed by atoms with van der Waals surface area (Å²) in [5, 5.41) is 0.567. The van der Waals surface area contributed by atoms with Crippen molar-refractivity contribution in [3.8, 4) is 0 Å². The highest BCUT2D eigenvalue weighted by Crippen LogP contribution is 2.31. The van der Waals surface area contributed by atoms with E-state index in [-0.39, 0.29) is 17.4 Å². The summed E-state index contributed by atoms with van der Waals surface area (Å²) in [5.74, 6) is 0.0514. The molecule has 6 heteroatoms. The Morgan fingerprint density at radius 3 is 2.81 bits per heavy atom. The zero-order chi connectivity index (χ0) is 18.8. The van der Waals surface area contributed by atoms with E-state index in [4.69, 9.17) is 0 Å². The van der Waals surface area contributed by atoms with Gasteiger partial charge in [-0.1, -0.05) is 36.4 Å². The quantitative estimate of drug-likeness (QED) is 0.700. The number of carbonyl (C=O) groups excluding carboxylic acids is 1. The molecule has 1 amide bonds. The fourth-order valence-electron chi connectivity index (χ4n) is 3.79. The molecule has 1 heterocycles. The molecule has 1 atom stereocenters. The molecule has 1 aromatic heterocycles. The van der Waals surface area contributed by atoms with Crippen LogP contribution in [0.4, 0.5) is 5.95 Å². The van der Waals surface area contributed by atoms with Gasteiger partial charge in [0.1, 0.15) is 0 Å². The predicted octanol–water partition coefficient (Wildman–Crippen LogP) is 2.98. The summed E-state index contributed by atoms with van der Waals surface area (Å²) in [6.07, 6.45) is 2.81. The van der Waals surface area contributed by atoms with Crippen LogP contribution in [0.25, 0.3) is 10.9 Å². The van der Waals surface area contributed by atoms with Crippen molar-refractivity contribution in [2.75, 3.05) is 5.43 Å². The van der Waals surface area contributed by atoms with E-state index < -0.39 is 0 Å². The van der Waals surface area contributed by atoms with Crippen LogP contribution in [0.1, 0.15) is 36.8 Å². The number of para-hydroxylation sites is 1. The minimum Gasteiger partial charge on any atom is -0.277 e. The molecule has 2 N–H and O–H groups in total. The molecule has 1 unspecified atom stereocenters. The average Bonchev–Trinajstić information content (AvgIpc) is 2.71. The fourth-order valence-corrected chi connectivity index (χ4v) is 3.79. The molecule has 0 bridgehead atoms. The lowest BCUT2D eigenvalue weighted by Gasteiger charge is -2.25. The van der Waals surface area contributed by atoms with Gasteiger partial charge >= 0.3 is 0 Å². The lowest BCUT2D eigenvalue weighted by molar-refractivity contribution is -0.122. The number of hydrazine groups is 1. The van der Waals surface area contributed by atoms with Crippen LogP contribution >= 0.6 is 0 Å². The molecular weight excluding hydrogens is 340 g/mol. The maximum absolute atomic E-state index is 12.8. The Balaban J connectivity index is 1.59. The van der Waals surface area contributed by atoms with Crippen molar-refractivity contribution >= 4 is 22.8 Å². The normalized spacial score (nSPS) is 16.0. The number of nitrogens with one attached hydrogen (secondary N) is 2. The van der Waals surface area contributed by atoms with E-state index in [0.717, 1.165) is 24.8 Å². The smallest absolute Gasteiger partial charge is 0.262 e. The molecule has 3 aromatic rings. The summed E-state index contributed by atoms with van der Waals surface area (Å²) in [6, 6.07) is 15.3. The minimum absolute atomic E-state index is 0.104. The van der Waals surface area contributed by atoms with Gasteiger partial charge in [0.25, 0.3) is 5.56 Å². The first-order valence-electron chi connectivity index (χ1n) is 9.32. The van der Waals surface area contributed by atoms with Gasteiger partial charge in [0.15, 0.2) is 0 Å². The Bertz CT molecular complexity index is 1060. The molecule has 4 rings (SSSR count). The Morgan fingerprint density at radius 2 is 1.96 bits per heavy atom. The fraction of sp³-hybridized carbons (Fsp3) is 0.286. The average molecular weight is 362 g/mol. The summed E-state index contributed by atoms with van der Waals surface area (Å²) >= 11 is 0. The van der Waals surface area contributed by atoms with Gasteiger partial charge in [-0.15, -0.1) is 0 Å². The van der Waals surface area contributed by atoms with Crippen LogP contribution < -0.4 is 16.4 Å². The highest BCUT2D eigenvalue weighted by Gasteiger charge is 2.26. The van der Waals surface area contributed by atoms with Crippen molar-refractivity contribution in [3.63, 3.8) is 0 Å². The van der Waals surface area contributed by atoms with Gasteiger partial charge in [-0.2, -0.15) is 0 Å². The largest absolute Gasteiger partial charge is 0.277 e. The third kappa shape index (κ3) is 3.18. The number of hydrogen-bond donors (Lipinski definition) is 2. The molecule has 1 aliphatic rings. The molecule has 0 fully saturated rings. The maximum atomic E-state index is 12.8. The molecular formula is C21H22N4O2. The van der Waals surface area contributed by atoms with Crippen LogP contribution in [0, 0.1) is 0 Å². The van der Waals surface area contributed by atoms with E-state index in [1.54, 1.807) is 12.1 Å². The minimum atomic E-state index is -0.190. The summed E-state index contributed by atoms with van der Waals surface area (Å²) in [7, 11) is 0. The van der Waals surface area contributed by atoms with Crippen molar-refractivity contribution in [1.82, 2.24) is 15.0 Å². The van der Waals surface area contributed by atoms with Gasteiger partial charge in [0.05, 0.1) is 16.8 Å². The molecule has 0 aliphatic heterocycles. The van der Waals surface area contributed by atoms with E-state index >= 15 is 0 Å². The first-order valence-corrected chi connectivity index (χ1v) is 9.32. The molecule has 0 saturated carbocycles. The summed E-state index contributed by atoms with van der Waals surface area (Å²) in [6.45, 7) is 2.34.